The summed E-state index contributed by atoms with van der Waals surface area (Å²) in [6.45, 7) is 1.92. The molecular weight excluding hydrogens is 426 g/mol. The highest BCUT2D eigenvalue weighted by atomic mass is 16.5. The topological polar surface area (TPSA) is 123 Å². The molecule has 1 amide bonds. The van der Waals surface area contributed by atoms with Gasteiger partial charge in [0.25, 0.3) is 11.5 Å². The Kier molecular flexibility index (Phi) is 6.21. The Morgan fingerprint density at radius 1 is 1.06 bits per heavy atom. The number of nitrogens with one attached hydrogen (secondary N) is 2. The number of amides is 1. The molecule has 4 aromatic rings. The van der Waals surface area contributed by atoms with Crippen molar-refractivity contribution >= 4 is 28.5 Å². The van der Waals surface area contributed by atoms with Crippen LogP contribution in [0.15, 0.2) is 74.9 Å². The number of esters is 1. The summed E-state index contributed by atoms with van der Waals surface area (Å²) in [4.78, 5) is 51.8. The summed E-state index contributed by atoms with van der Waals surface area (Å²) in [6, 6.07) is 14.7. The molecule has 9 heteroatoms. The number of fused-ring (bicyclic) bond motifs is 1. The second kappa shape index (κ2) is 9.39. The molecule has 33 heavy (non-hydrogen) atoms. The molecule has 0 saturated carbocycles. The fourth-order valence-electron chi connectivity index (χ4n) is 3.36. The Bertz CT molecular complexity index is 1430. The lowest BCUT2D eigenvalue weighted by atomic mass is 10.2. The molecular formula is C24H21N3O6. The van der Waals surface area contributed by atoms with E-state index in [0.29, 0.717) is 28.6 Å². The third kappa shape index (κ3) is 4.77. The number of aromatic amines is 1. The van der Waals surface area contributed by atoms with Crippen LogP contribution in [0.3, 0.4) is 0 Å². The molecule has 2 heterocycles. The second-order valence-electron chi connectivity index (χ2n) is 7.39. The monoisotopic (exact) mass is 447 g/mol. The maximum absolute atomic E-state index is 12.5. The van der Waals surface area contributed by atoms with Crippen LogP contribution in [0, 0.1) is 6.92 Å². The predicted molar refractivity (Wildman–Crippen MR) is 122 cm³/mol. The molecule has 0 radical (unpaired) electrons. The molecule has 2 aromatic heterocycles. The molecule has 0 saturated heterocycles. The number of furan rings is 1. The Morgan fingerprint density at radius 2 is 1.82 bits per heavy atom. The first-order chi connectivity index (χ1) is 15.9. The maximum atomic E-state index is 12.5. The molecule has 0 aliphatic rings. The zero-order chi connectivity index (χ0) is 23.4. The molecule has 2 N–H and O–H groups in total. The summed E-state index contributed by atoms with van der Waals surface area (Å²) in [7, 11) is 0. The van der Waals surface area contributed by atoms with Crippen molar-refractivity contribution in [2.75, 3.05) is 11.9 Å². The zero-order valence-corrected chi connectivity index (χ0v) is 17.8. The molecule has 168 valence electrons. The van der Waals surface area contributed by atoms with Crippen molar-refractivity contribution in [2.45, 2.75) is 19.9 Å². The summed E-state index contributed by atoms with van der Waals surface area (Å²) in [5, 5.41) is 3.12. The minimum atomic E-state index is -0.547. The number of aromatic nitrogens is 2. The van der Waals surface area contributed by atoms with Gasteiger partial charge in [0.05, 0.1) is 29.3 Å². The third-order valence-corrected chi connectivity index (χ3v) is 5.10. The number of nitrogens with zero attached hydrogens (tertiary/aromatic N) is 1. The second-order valence-corrected chi connectivity index (χ2v) is 7.39. The quantitative estimate of drug-likeness (QED) is 0.331. The van der Waals surface area contributed by atoms with E-state index >= 15 is 0 Å². The first kappa shape index (κ1) is 21.8. The molecule has 9 nitrogen and oxygen atoms in total. The van der Waals surface area contributed by atoms with Gasteiger partial charge in [0, 0.05) is 17.8 Å². The normalized spacial score (nSPS) is 10.8. The molecule has 0 spiro atoms. The average molecular weight is 447 g/mol. The van der Waals surface area contributed by atoms with E-state index < -0.39 is 11.7 Å². The van der Waals surface area contributed by atoms with E-state index in [-0.39, 0.29) is 30.4 Å². The van der Waals surface area contributed by atoms with Crippen molar-refractivity contribution in [3.8, 4) is 0 Å². The Balaban J connectivity index is 1.31. The van der Waals surface area contributed by atoms with Gasteiger partial charge in [-0.3, -0.25) is 14.2 Å². The van der Waals surface area contributed by atoms with Crippen LogP contribution in [0.4, 0.5) is 5.69 Å². The van der Waals surface area contributed by atoms with Crippen LogP contribution in [0.2, 0.25) is 0 Å². The highest BCUT2D eigenvalue weighted by molar-refractivity contribution is 6.03. The highest BCUT2D eigenvalue weighted by Crippen LogP contribution is 2.15. The minimum Gasteiger partial charge on any atom is -0.462 e. The smallest absolute Gasteiger partial charge is 0.338 e. The van der Waals surface area contributed by atoms with Gasteiger partial charge in [0.2, 0.25) is 0 Å². The summed E-state index contributed by atoms with van der Waals surface area (Å²) in [5.74, 6) is -0.705. The number of carbonyl (C=O) groups is 2. The molecule has 0 atom stereocenters. The van der Waals surface area contributed by atoms with Crippen molar-refractivity contribution in [1.82, 2.24) is 9.55 Å². The van der Waals surface area contributed by atoms with Crippen LogP contribution < -0.4 is 16.6 Å². The van der Waals surface area contributed by atoms with Gasteiger partial charge in [-0.05, 0) is 55.8 Å². The van der Waals surface area contributed by atoms with E-state index in [2.05, 4.69) is 10.3 Å². The number of para-hydroxylation sites is 1. The molecule has 2 aromatic carbocycles. The van der Waals surface area contributed by atoms with Crippen LogP contribution in [-0.2, 0) is 11.3 Å². The number of hydrogen-bond donors (Lipinski definition) is 2. The summed E-state index contributed by atoms with van der Waals surface area (Å²) in [6.07, 6.45) is 1.74. The Labute approximate surface area is 187 Å². The lowest BCUT2D eigenvalue weighted by molar-refractivity contribution is 0.0495. The summed E-state index contributed by atoms with van der Waals surface area (Å²) in [5.41, 5.74) is 1.12. The third-order valence-electron chi connectivity index (χ3n) is 5.10. The van der Waals surface area contributed by atoms with Gasteiger partial charge in [0.15, 0.2) is 5.76 Å². The standard InChI is InChI=1S/C24H21N3O6/c1-15-11-14-32-20(15)21(28)25-17-9-7-16(8-10-17)23(30)33-13-4-12-27-22(29)18-5-2-3-6-19(18)26-24(27)31/h2-3,5-11,14H,4,12-13H2,1H3,(H,25,28)(H,26,31). The van der Waals surface area contributed by atoms with Gasteiger partial charge >= 0.3 is 11.7 Å². The minimum absolute atomic E-state index is 0.0355. The van der Waals surface area contributed by atoms with Crippen LogP contribution >= 0.6 is 0 Å². The first-order valence-electron chi connectivity index (χ1n) is 10.3. The van der Waals surface area contributed by atoms with Crippen LogP contribution in [0.25, 0.3) is 10.9 Å². The summed E-state index contributed by atoms with van der Waals surface area (Å²) < 4.78 is 11.5. The van der Waals surface area contributed by atoms with E-state index in [4.69, 9.17) is 9.15 Å². The Morgan fingerprint density at radius 3 is 2.55 bits per heavy atom. The molecule has 0 fully saturated rings. The SMILES string of the molecule is Cc1ccoc1C(=O)Nc1ccc(C(=O)OCCCn2c(=O)[nH]c3ccccc3c2=O)cc1. The van der Waals surface area contributed by atoms with E-state index in [1.54, 1.807) is 49.4 Å². The van der Waals surface area contributed by atoms with Crippen LogP contribution in [0.1, 0.15) is 32.9 Å². The molecule has 0 aliphatic heterocycles. The fourth-order valence-corrected chi connectivity index (χ4v) is 3.36. The number of H-pyrrole nitrogens is 1. The van der Waals surface area contributed by atoms with E-state index in [0.717, 1.165) is 10.1 Å². The number of hydrogen-bond acceptors (Lipinski definition) is 6. The van der Waals surface area contributed by atoms with Gasteiger partial charge in [0.1, 0.15) is 0 Å². The molecule has 0 aliphatic carbocycles. The number of carbonyl (C=O) groups excluding carboxylic acids is 2. The van der Waals surface area contributed by atoms with Gasteiger partial charge in [-0.2, -0.15) is 0 Å². The van der Waals surface area contributed by atoms with Crippen molar-refractivity contribution in [1.29, 1.82) is 0 Å². The van der Waals surface area contributed by atoms with Crippen molar-refractivity contribution in [2.24, 2.45) is 0 Å². The molecule has 0 bridgehead atoms. The van der Waals surface area contributed by atoms with E-state index in [1.807, 2.05) is 0 Å². The van der Waals surface area contributed by atoms with Gasteiger partial charge in [-0.15, -0.1) is 0 Å². The van der Waals surface area contributed by atoms with Crippen molar-refractivity contribution < 1.29 is 18.7 Å². The number of rotatable bonds is 7. The maximum Gasteiger partial charge on any atom is 0.338 e. The predicted octanol–water partition coefficient (Wildman–Crippen LogP) is 3.09. The van der Waals surface area contributed by atoms with Crippen molar-refractivity contribution in [3.05, 3.63) is 98.6 Å². The number of aryl methyl sites for hydroxylation is 1. The van der Waals surface area contributed by atoms with Crippen LogP contribution in [-0.4, -0.2) is 28.0 Å². The molecule has 0 unspecified atom stereocenters. The number of benzene rings is 2. The number of anilines is 1. The highest BCUT2D eigenvalue weighted by Gasteiger charge is 2.14. The van der Waals surface area contributed by atoms with E-state index in [1.165, 1.54) is 18.4 Å². The van der Waals surface area contributed by atoms with E-state index in [9.17, 15) is 19.2 Å². The lowest BCUT2D eigenvalue weighted by Gasteiger charge is -2.08. The lowest BCUT2D eigenvalue weighted by Crippen LogP contribution is -2.35. The zero-order valence-electron chi connectivity index (χ0n) is 17.8. The number of ether oxygens (including phenoxy) is 1. The first-order valence-corrected chi connectivity index (χ1v) is 10.3. The average Bonchev–Trinajstić information content (AvgIpc) is 3.25. The molecule has 4 rings (SSSR count). The fraction of sp³-hybridized carbons (Fsp3) is 0.167. The summed E-state index contributed by atoms with van der Waals surface area (Å²) >= 11 is 0. The van der Waals surface area contributed by atoms with Gasteiger partial charge in [-0.1, -0.05) is 12.1 Å². The van der Waals surface area contributed by atoms with Gasteiger partial charge < -0.3 is 19.5 Å². The van der Waals surface area contributed by atoms with Crippen LogP contribution in [0.5, 0.6) is 0 Å². The Hall–Kier alpha value is -4.40. The largest absolute Gasteiger partial charge is 0.462 e. The van der Waals surface area contributed by atoms with Crippen molar-refractivity contribution in [3.63, 3.8) is 0 Å². The van der Waals surface area contributed by atoms with Gasteiger partial charge in [-0.25, -0.2) is 9.59 Å².